The summed E-state index contributed by atoms with van der Waals surface area (Å²) in [6, 6.07) is 10.5. The first-order chi connectivity index (χ1) is 11.7. The van der Waals surface area contributed by atoms with Crippen LogP contribution < -0.4 is 5.32 Å². The molecule has 0 aliphatic carbocycles. The molecule has 3 heterocycles. The normalized spacial score (nSPS) is 12.6. The average Bonchev–Trinajstić information content (AvgIpc) is 3.29. The maximum atomic E-state index is 4.71. The van der Waals surface area contributed by atoms with Crippen molar-refractivity contribution in [3.63, 3.8) is 0 Å². The molecule has 1 unspecified atom stereocenters. The highest BCUT2D eigenvalue weighted by Gasteiger charge is 2.17. The van der Waals surface area contributed by atoms with Crippen LogP contribution in [0.1, 0.15) is 17.3 Å². The van der Waals surface area contributed by atoms with Crippen molar-refractivity contribution in [2.75, 3.05) is 5.32 Å². The Bertz CT molecular complexity index is 904. The van der Waals surface area contributed by atoms with Gasteiger partial charge in [0.25, 0.3) is 0 Å². The highest BCUT2D eigenvalue weighted by Crippen LogP contribution is 2.31. The minimum absolute atomic E-state index is 0.120. The minimum Gasteiger partial charge on any atom is -0.353 e. The lowest BCUT2D eigenvalue weighted by molar-refractivity contribution is 0.607. The number of nitrogens with one attached hydrogen (secondary N) is 1. The first-order valence-corrected chi connectivity index (χ1v) is 8.60. The molecule has 3 aromatic heterocycles. The van der Waals surface area contributed by atoms with Gasteiger partial charge in [-0.2, -0.15) is 5.10 Å². The molecule has 0 saturated carbocycles. The second kappa shape index (κ2) is 6.09. The van der Waals surface area contributed by atoms with Crippen molar-refractivity contribution in [1.29, 1.82) is 0 Å². The fourth-order valence-electron chi connectivity index (χ4n) is 2.82. The van der Waals surface area contributed by atoms with Crippen molar-refractivity contribution >= 4 is 26.8 Å². The van der Waals surface area contributed by atoms with E-state index in [1.54, 1.807) is 17.5 Å². The first-order valence-electron chi connectivity index (χ1n) is 7.78. The molecule has 0 amide bonds. The Kier molecular flexibility index (Phi) is 3.78. The number of hydrogen-bond acceptors (Lipinski definition) is 5. The summed E-state index contributed by atoms with van der Waals surface area (Å²) in [5, 5.41) is 8.91. The van der Waals surface area contributed by atoms with E-state index in [0.717, 1.165) is 27.7 Å². The molecule has 0 bridgehead atoms. The van der Waals surface area contributed by atoms with Gasteiger partial charge in [-0.05, 0) is 12.5 Å². The molecule has 0 spiro atoms. The molecule has 24 heavy (non-hydrogen) atoms. The van der Waals surface area contributed by atoms with Crippen LogP contribution in [-0.4, -0.2) is 24.3 Å². The molecule has 122 valence electrons. The van der Waals surface area contributed by atoms with Crippen molar-refractivity contribution in [2.24, 2.45) is 7.05 Å². The SMILES string of the molecule is Cc1nn(C)c2nc(NC(Cn3ccnc3)c3ccccc3)sc12. The smallest absolute Gasteiger partial charge is 0.185 e. The second-order valence-corrected chi connectivity index (χ2v) is 6.75. The third-order valence-electron chi connectivity index (χ3n) is 4.00. The monoisotopic (exact) mass is 338 g/mol. The third kappa shape index (κ3) is 2.78. The highest BCUT2D eigenvalue weighted by atomic mass is 32.1. The zero-order valence-corrected chi connectivity index (χ0v) is 14.4. The van der Waals surface area contributed by atoms with Gasteiger partial charge in [-0.1, -0.05) is 41.7 Å². The van der Waals surface area contributed by atoms with E-state index >= 15 is 0 Å². The topological polar surface area (TPSA) is 60.6 Å². The number of fused-ring (bicyclic) bond motifs is 1. The Morgan fingerprint density at radius 1 is 1.25 bits per heavy atom. The molecule has 4 aromatic rings. The molecule has 7 heteroatoms. The van der Waals surface area contributed by atoms with Gasteiger partial charge in [0.05, 0.1) is 22.8 Å². The summed E-state index contributed by atoms with van der Waals surface area (Å²) in [6.07, 6.45) is 5.61. The Morgan fingerprint density at radius 3 is 2.79 bits per heavy atom. The number of nitrogens with zero attached hydrogens (tertiary/aromatic N) is 5. The molecule has 6 nitrogen and oxygen atoms in total. The van der Waals surface area contributed by atoms with Crippen molar-refractivity contribution in [3.8, 4) is 0 Å². The zero-order valence-electron chi connectivity index (χ0n) is 13.5. The molecule has 1 aromatic carbocycles. The van der Waals surface area contributed by atoms with Crippen LogP contribution in [0.3, 0.4) is 0 Å². The largest absolute Gasteiger partial charge is 0.353 e. The van der Waals surface area contributed by atoms with Gasteiger partial charge in [-0.3, -0.25) is 0 Å². The number of anilines is 1. The van der Waals surface area contributed by atoms with Crippen LogP contribution in [-0.2, 0) is 13.6 Å². The number of rotatable bonds is 5. The number of thiazole rings is 1. The molecule has 1 atom stereocenters. The van der Waals surface area contributed by atoms with Crippen LogP contribution >= 0.6 is 11.3 Å². The molecular formula is C17H18N6S. The molecular weight excluding hydrogens is 320 g/mol. The molecule has 0 radical (unpaired) electrons. The van der Waals surface area contributed by atoms with Crippen LogP contribution in [0.4, 0.5) is 5.13 Å². The van der Waals surface area contributed by atoms with Gasteiger partial charge in [-0.15, -0.1) is 0 Å². The highest BCUT2D eigenvalue weighted by molar-refractivity contribution is 7.22. The molecule has 0 aliphatic rings. The third-order valence-corrected chi connectivity index (χ3v) is 5.08. The van der Waals surface area contributed by atoms with E-state index in [0.29, 0.717) is 0 Å². The number of hydrogen-bond donors (Lipinski definition) is 1. The Labute approximate surface area is 143 Å². The Morgan fingerprint density at radius 2 is 2.08 bits per heavy atom. The van der Waals surface area contributed by atoms with E-state index in [9.17, 15) is 0 Å². The van der Waals surface area contributed by atoms with Gasteiger partial charge in [-0.25, -0.2) is 14.6 Å². The second-order valence-electron chi connectivity index (χ2n) is 5.75. The molecule has 0 fully saturated rings. The fraction of sp³-hybridized carbons (Fsp3) is 0.235. The predicted molar refractivity (Wildman–Crippen MR) is 96.2 cm³/mol. The number of aromatic nitrogens is 5. The first kappa shape index (κ1) is 14.9. The van der Waals surface area contributed by atoms with E-state index in [4.69, 9.17) is 4.98 Å². The van der Waals surface area contributed by atoms with Crippen molar-refractivity contribution in [2.45, 2.75) is 19.5 Å². The Balaban J connectivity index is 1.66. The quantitative estimate of drug-likeness (QED) is 0.606. The molecule has 4 rings (SSSR count). The van der Waals surface area contributed by atoms with E-state index < -0.39 is 0 Å². The zero-order chi connectivity index (χ0) is 16.5. The lowest BCUT2D eigenvalue weighted by atomic mass is 10.1. The van der Waals surface area contributed by atoms with Crippen LogP contribution in [0.5, 0.6) is 0 Å². The molecule has 0 saturated heterocycles. The van der Waals surface area contributed by atoms with Gasteiger partial charge < -0.3 is 9.88 Å². The number of aryl methyl sites for hydroxylation is 2. The maximum Gasteiger partial charge on any atom is 0.185 e. The van der Waals surface area contributed by atoms with Crippen LogP contribution in [0.2, 0.25) is 0 Å². The fourth-order valence-corrected chi connectivity index (χ4v) is 3.81. The summed E-state index contributed by atoms with van der Waals surface area (Å²) in [5.74, 6) is 0. The summed E-state index contributed by atoms with van der Waals surface area (Å²) in [6.45, 7) is 2.81. The van der Waals surface area contributed by atoms with Gasteiger partial charge in [0.2, 0.25) is 0 Å². The Hall–Kier alpha value is -2.67. The van der Waals surface area contributed by atoms with Crippen LogP contribution in [0.15, 0.2) is 49.1 Å². The number of benzene rings is 1. The van der Waals surface area contributed by atoms with Gasteiger partial charge in [0, 0.05) is 26.0 Å². The van der Waals surface area contributed by atoms with Gasteiger partial charge in [0.1, 0.15) is 0 Å². The lowest BCUT2D eigenvalue weighted by Gasteiger charge is -2.19. The summed E-state index contributed by atoms with van der Waals surface area (Å²) in [7, 11) is 1.93. The summed E-state index contributed by atoms with van der Waals surface area (Å²) < 4.78 is 5.04. The summed E-state index contributed by atoms with van der Waals surface area (Å²) >= 11 is 1.65. The van der Waals surface area contributed by atoms with Gasteiger partial charge >= 0.3 is 0 Å². The average molecular weight is 338 g/mol. The van der Waals surface area contributed by atoms with Crippen LogP contribution in [0, 0.1) is 6.92 Å². The molecule has 1 N–H and O–H groups in total. The lowest BCUT2D eigenvalue weighted by Crippen LogP contribution is -2.16. The van der Waals surface area contributed by atoms with Crippen molar-refractivity contribution in [1.82, 2.24) is 24.3 Å². The van der Waals surface area contributed by atoms with E-state index in [-0.39, 0.29) is 6.04 Å². The van der Waals surface area contributed by atoms with E-state index in [1.807, 2.05) is 37.2 Å². The standard InChI is InChI=1S/C17H18N6S/c1-12-15-16(22(2)21-12)20-17(24-15)19-14(10-23-9-8-18-11-23)13-6-4-3-5-7-13/h3-9,11,14H,10H2,1-2H3,(H,19,20). The maximum absolute atomic E-state index is 4.71. The summed E-state index contributed by atoms with van der Waals surface area (Å²) in [5.41, 5.74) is 3.17. The van der Waals surface area contributed by atoms with E-state index in [1.165, 1.54) is 5.56 Å². The molecule has 0 aliphatic heterocycles. The van der Waals surface area contributed by atoms with Crippen molar-refractivity contribution < 1.29 is 0 Å². The predicted octanol–water partition coefficient (Wildman–Crippen LogP) is 3.39. The number of imidazole rings is 1. The summed E-state index contributed by atoms with van der Waals surface area (Å²) in [4.78, 5) is 8.85. The van der Waals surface area contributed by atoms with Crippen LogP contribution in [0.25, 0.3) is 10.3 Å². The minimum atomic E-state index is 0.120. The van der Waals surface area contributed by atoms with E-state index in [2.05, 4.69) is 44.2 Å². The van der Waals surface area contributed by atoms with Gasteiger partial charge in [0.15, 0.2) is 10.8 Å². The van der Waals surface area contributed by atoms with Crippen molar-refractivity contribution in [3.05, 3.63) is 60.3 Å².